The number of amides is 2. The van der Waals surface area contributed by atoms with Gasteiger partial charge in [-0.1, -0.05) is 51.1 Å². The van der Waals surface area contributed by atoms with Crippen LogP contribution in [-0.4, -0.2) is 28.2 Å². The standard InChI is InChI=1S/C14H21N3O3/c1-14(2,3)11(12(18)19)17(15)13(20)16-9-10-7-5-4-6-8-10/h4-8,11H,9,15H2,1-3H3,(H,16,20)(H,18,19). The van der Waals surface area contributed by atoms with E-state index in [1.54, 1.807) is 20.8 Å². The second-order valence-electron chi connectivity index (χ2n) is 5.66. The molecule has 0 saturated heterocycles. The van der Waals surface area contributed by atoms with Crippen molar-refractivity contribution in [1.82, 2.24) is 10.3 Å². The van der Waals surface area contributed by atoms with Crippen LogP contribution in [0.3, 0.4) is 0 Å². The maximum absolute atomic E-state index is 11.9. The SMILES string of the molecule is CC(C)(C)C(C(=O)O)N(N)C(=O)NCc1ccccc1. The normalized spacial score (nSPS) is 12.6. The molecule has 110 valence electrons. The van der Waals surface area contributed by atoms with Gasteiger partial charge in [-0.2, -0.15) is 0 Å². The Hall–Kier alpha value is -2.08. The van der Waals surface area contributed by atoms with Crippen LogP contribution in [0.2, 0.25) is 0 Å². The fourth-order valence-corrected chi connectivity index (χ4v) is 1.89. The number of hydrogen-bond donors (Lipinski definition) is 3. The number of hydrazine groups is 1. The van der Waals surface area contributed by atoms with Crippen molar-refractivity contribution in [3.8, 4) is 0 Å². The van der Waals surface area contributed by atoms with Crippen molar-refractivity contribution in [3.63, 3.8) is 0 Å². The number of hydrogen-bond acceptors (Lipinski definition) is 3. The van der Waals surface area contributed by atoms with Gasteiger partial charge in [0.05, 0.1) is 0 Å². The molecule has 0 fully saturated rings. The van der Waals surface area contributed by atoms with E-state index >= 15 is 0 Å². The van der Waals surface area contributed by atoms with Crippen molar-refractivity contribution in [2.45, 2.75) is 33.4 Å². The third-order valence-corrected chi connectivity index (χ3v) is 2.85. The summed E-state index contributed by atoms with van der Waals surface area (Å²) >= 11 is 0. The molecule has 20 heavy (non-hydrogen) atoms. The number of carboxylic acid groups (broad SMARTS) is 1. The predicted molar refractivity (Wildman–Crippen MR) is 75.6 cm³/mol. The van der Waals surface area contributed by atoms with E-state index in [4.69, 9.17) is 5.84 Å². The molecule has 0 aliphatic carbocycles. The highest BCUT2D eigenvalue weighted by Crippen LogP contribution is 2.23. The second kappa shape index (κ2) is 6.38. The molecule has 0 heterocycles. The molecule has 6 heteroatoms. The summed E-state index contributed by atoms with van der Waals surface area (Å²) in [4.78, 5) is 23.2. The number of nitrogens with zero attached hydrogens (tertiary/aromatic N) is 1. The predicted octanol–water partition coefficient (Wildman–Crippen LogP) is 1.57. The first-order valence-corrected chi connectivity index (χ1v) is 6.32. The average molecular weight is 279 g/mol. The van der Waals surface area contributed by atoms with Crippen molar-refractivity contribution in [2.75, 3.05) is 0 Å². The maximum Gasteiger partial charge on any atom is 0.332 e. The summed E-state index contributed by atoms with van der Waals surface area (Å²) in [6.07, 6.45) is 0. The lowest BCUT2D eigenvalue weighted by Crippen LogP contribution is -2.58. The molecule has 1 aromatic carbocycles. The van der Waals surface area contributed by atoms with Gasteiger partial charge in [-0.05, 0) is 11.0 Å². The van der Waals surface area contributed by atoms with Crippen LogP contribution < -0.4 is 11.2 Å². The van der Waals surface area contributed by atoms with Crippen molar-refractivity contribution in [3.05, 3.63) is 35.9 Å². The van der Waals surface area contributed by atoms with Gasteiger partial charge in [-0.15, -0.1) is 0 Å². The lowest BCUT2D eigenvalue weighted by Gasteiger charge is -2.33. The van der Waals surface area contributed by atoms with Crippen LogP contribution >= 0.6 is 0 Å². The minimum atomic E-state index is -1.13. The van der Waals surface area contributed by atoms with Gasteiger partial charge in [0, 0.05) is 6.54 Å². The minimum absolute atomic E-state index is 0.295. The molecule has 0 aromatic heterocycles. The maximum atomic E-state index is 11.9. The molecule has 4 N–H and O–H groups in total. The smallest absolute Gasteiger partial charge is 0.332 e. The van der Waals surface area contributed by atoms with Crippen molar-refractivity contribution < 1.29 is 14.7 Å². The van der Waals surface area contributed by atoms with Gasteiger partial charge in [0.25, 0.3) is 0 Å². The number of urea groups is 1. The summed E-state index contributed by atoms with van der Waals surface area (Å²) < 4.78 is 0. The second-order valence-corrected chi connectivity index (χ2v) is 5.66. The Morgan fingerprint density at radius 3 is 2.30 bits per heavy atom. The average Bonchev–Trinajstić information content (AvgIpc) is 2.34. The Labute approximate surface area is 118 Å². The van der Waals surface area contributed by atoms with E-state index in [0.29, 0.717) is 6.54 Å². The van der Waals surface area contributed by atoms with Gasteiger partial charge in [0.1, 0.15) is 0 Å². The zero-order chi connectivity index (χ0) is 15.3. The summed E-state index contributed by atoms with van der Waals surface area (Å²) in [7, 11) is 0. The largest absolute Gasteiger partial charge is 0.480 e. The highest BCUT2D eigenvalue weighted by molar-refractivity contribution is 5.82. The number of nitrogens with one attached hydrogen (secondary N) is 1. The minimum Gasteiger partial charge on any atom is -0.480 e. The number of benzene rings is 1. The topological polar surface area (TPSA) is 95.7 Å². The number of aliphatic carboxylic acids is 1. The Bertz CT molecular complexity index is 468. The first-order valence-electron chi connectivity index (χ1n) is 6.32. The lowest BCUT2D eigenvalue weighted by molar-refractivity contribution is -0.146. The third-order valence-electron chi connectivity index (χ3n) is 2.85. The number of carbonyl (C=O) groups is 2. The van der Waals surface area contributed by atoms with Crippen molar-refractivity contribution >= 4 is 12.0 Å². The van der Waals surface area contributed by atoms with Crippen LogP contribution in [0.25, 0.3) is 0 Å². The number of nitrogens with two attached hydrogens (primary N) is 1. The van der Waals surface area contributed by atoms with Crippen LogP contribution in [0.4, 0.5) is 4.79 Å². The Morgan fingerprint density at radius 2 is 1.85 bits per heavy atom. The molecule has 1 atom stereocenters. The highest BCUT2D eigenvalue weighted by Gasteiger charge is 2.37. The molecular weight excluding hydrogens is 258 g/mol. The van der Waals surface area contributed by atoms with E-state index in [1.807, 2.05) is 30.3 Å². The quantitative estimate of drug-likeness (QED) is 0.443. The van der Waals surface area contributed by atoms with E-state index < -0.39 is 23.5 Å². The molecule has 0 bridgehead atoms. The number of carboxylic acids is 1. The van der Waals surface area contributed by atoms with Gasteiger partial charge >= 0.3 is 12.0 Å². The summed E-state index contributed by atoms with van der Waals surface area (Å²) in [5.41, 5.74) is 0.252. The fraction of sp³-hybridized carbons (Fsp3) is 0.429. The van der Waals surface area contributed by atoms with Gasteiger partial charge in [0.2, 0.25) is 0 Å². The summed E-state index contributed by atoms with van der Waals surface area (Å²) in [6, 6.07) is 7.60. The molecule has 0 spiro atoms. The van der Waals surface area contributed by atoms with E-state index in [-0.39, 0.29) is 0 Å². The zero-order valence-corrected chi connectivity index (χ0v) is 12.0. The van der Waals surface area contributed by atoms with E-state index in [2.05, 4.69) is 5.32 Å². The van der Waals surface area contributed by atoms with Gasteiger partial charge in [0.15, 0.2) is 6.04 Å². The van der Waals surface area contributed by atoms with Gasteiger partial charge in [-0.3, -0.25) is 0 Å². The monoisotopic (exact) mass is 279 g/mol. The molecule has 1 rings (SSSR count). The van der Waals surface area contributed by atoms with Gasteiger partial charge in [-0.25, -0.2) is 20.4 Å². The van der Waals surface area contributed by atoms with Crippen molar-refractivity contribution in [1.29, 1.82) is 0 Å². The van der Waals surface area contributed by atoms with E-state index in [1.165, 1.54) is 0 Å². The molecule has 1 aromatic rings. The molecule has 0 radical (unpaired) electrons. The van der Waals surface area contributed by atoms with Crippen LogP contribution in [0, 0.1) is 5.41 Å². The van der Waals surface area contributed by atoms with Crippen LogP contribution in [0.15, 0.2) is 30.3 Å². The molecule has 0 saturated carbocycles. The summed E-state index contributed by atoms with van der Waals surface area (Å²) in [6.45, 7) is 5.45. The third kappa shape index (κ3) is 4.24. The van der Waals surface area contributed by atoms with Crippen molar-refractivity contribution in [2.24, 2.45) is 11.3 Å². The molecular formula is C14H21N3O3. The van der Waals surface area contributed by atoms with Crippen LogP contribution in [0.1, 0.15) is 26.3 Å². The molecule has 0 aliphatic heterocycles. The zero-order valence-electron chi connectivity index (χ0n) is 12.0. The van der Waals surface area contributed by atoms with E-state index in [9.17, 15) is 14.7 Å². The highest BCUT2D eigenvalue weighted by atomic mass is 16.4. The lowest BCUT2D eigenvalue weighted by atomic mass is 9.86. The van der Waals surface area contributed by atoms with Crippen LogP contribution in [-0.2, 0) is 11.3 Å². The summed E-state index contributed by atoms with van der Waals surface area (Å²) in [5.74, 6) is 4.52. The first-order chi connectivity index (χ1) is 9.23. The summed E-state index contributed by atoms with van der Waals surface area (Å²) in [5, 5.41) is 12.6. The Balaban J connectivity index is 2.68. The fourth-order valence-electron chi connectivity index (χ4n) is 1.89. The Morgan fingerprint density at radius 1 is 1.30 bits per heavy atom. The van der Waals surface area contributed by atoms with Crippen LogP contribution in [0.5, 0.6) is 0 Å². The first kappa shape index (κ1) is 16.0. The Kier molecular flexibility index (Phi) is 5.10. The van der Waals surface area contributed by atoms with Gasteiger partial charge < -0.3 is 10.4 Å². The number of rotatable bonds is 4. The molecule has 1 unspecified atom stereocenters. The molecule has 6 nitrogen and oxygen atoms in total. The molecule has 0 aliphatic rings. The molecule has 2 amide bonds. The van der Waals surface area contributed by atoms with E-state index in [0.717, 1.165) is 10.6 Å². The number of carbonyl (C=O) groups excluding carboxylic acids is 1.